The molecule has 2 aliphatic carbocycles. The van der Waals surface area contributed by atoms with Crippen molar-refractivity contribution in [3.05, 3.63) is 0 Å². The van der Waals surface area contributed by atoms with Gasteiger partial charge in [0.25, 0.3) is 0 Å². The van der Waals surface area contributed by atoms with Gasteiger partial charge >= 0.3 is 0 Å². The molecule has 0 bridgehead atoms. The van der Waals surface area contributed by atoms with Gasteiger partial charge in [-0.3, -0.25) is 0 Å². The van der Waals surface area contributed by atoms with Crippen molar-refractivity contribution in [1.29, 1.82) is 0 Å². The standard InChI is InChI=1S/C12H22S/c1-13-12-8-6-11(7-9-12)10-4-2-3-5-10/h10-12H,2-9H2,1H3. The van der Waals surface area contributed by atoms with Gasteiger partial charge in [0.2, 0.25) is 0 Å². The van der Waals surface area contributed by atoms with E-state index in [0.29, 0.717) is 0 Å². The predicted octanol–water partition coefficient (Wildman–Crippen LogP) is 4.10. The lowest BCUT2D eigenvalue weighted by Crippen LogP contribution is -2.21. The first kappa shape index (κ1) is 9.89. The SMILES string of the molecule is CSC1CCC(C2CCCC2)CC1. The first-order valence-corrected chi connectivity index (χ1v) is 7.21. The van der Waals surface area contributed by atoms with Gasteiger partial charge in [0.15, 0.2) is 0 Å². The summed E-state index contributed by atoms with van der Waals surface area (Å²) in [6.07, 6.45) is 14.5. The molecule has 0 aliphatic heterocycles. The van der Waals surface area contributed by atoms with Crippen molar-refractivity contribution in [2.24, 2.45) is 11.8 Å². The highest BCUT2D eigenvalue weighted by Crippen LogP contribution is 2.41. The highest BCUT2D eigenvalue weighted by Gasteiger charge is 2.28. The Bertz CT molecular complexity index is 141. The molecule has 0 saturated heterocycles. The molecule has 0 nitrogen and oxygen atoms in total. The van der Waals surface area contributed by atoms with Gasteiger partial charge in [-0.1, -0.05) is 25.7 Å². The second-order valence-electron chi connectivity index (χ2n) is 4.82. The lowest BCUT2D eigenvalue weighted by atomic mass is 9.79. The Morgan fingerprint density at radius 1 is 0.769 bits per heavy atom. The minimum Gasteiger partial charge on any atom is -0.162 e. The summed E-state index contributed by atoms with van der Waals surface area (Å²) in [5.41, 5.74) is 0. The molecular weight excluding hydrogens is 176 g/mol. The van der Waals surface area contributed by atoms with Gasteiger partial charge in [-0.05, 0) is 43.8 Å². The molecule has 13 heavy (non-hydrogen) atoms. The van der Waals surface area contributed by atoms with Gasteiger partial charge in [-0.15, -0.1) is 0 Å². The van der Waals surface area contributed by atoms with E-state index in [0.717, 1.165) is 17.1 Å². The van der Waals surface area contributed by atoms with Gasteiger partial charge < -0.3 is 0 Å². The van der Waals surface area contributed by atoms with Crippen LogP contribution in [0.3, 0.4) is 0 Å². The zero-order valence-electron chi connectivity index (χ0n) is 8.80. The summed E-state index contributed by atoms with van der Waals surface area (Å²) in [5, 5.41) is 0.998. The molecule has 0 spiro atoms. The van der Waals surface area contributed by atoms with Gasteiger partial charge in [-0.2, -0.15) is 11.8 Å². The van der Waals surface area contributed by atoms with Crippen LogP contribution < -0.4 is 0 Å². The Morgan fingerprint density at radius 2 is 1.31 bits per heavy atom. The highest BCUT2D eigenvalue weighted by atomic mass is 32.2. The van der Waals surface area contributed by atoms with E-state index in [-0.39, 0.29) is 0 Å². The van der Waals surface area contributed by atoms with Crippen molar-refractivity contribution in [2.75, 3.05) is 6.26 Å². The second kappa shape index (κ2) is 4.72. The Morgan fingerprint density at radius 3 is 1.85 bits per heavy atom. The van der Waals surface area contributed by atoms with Gasteiger partial charge in [-0.25, -0.2) is 0 Å². The van der Waals surface area contributed by atoms with Gasteiger partial charge in [0.1, 0.15) is 0 Å². The molecule has 0 radical (unpaired) electrons. The summed E-state index contributed by atoms with van der Waals surface area (Å²) < 4.78 is 0. The van der Waals surface area contributed by atoms with Crippen LogP contribution in [0.25, 0.3) is 0 Å². The lowest BCUT2D eigenvalue weighted by Gasteiger charge is -2.31. The average molecular weight is 198 g/mol. The summed E-state index contributed by atoms with van der Waals surface area (Å²) in [7, 11) is 0. The van der Waals surface area contributed by atoms with Crippen LogP contribution in [-0.2, 0) is 0 Å². The molecule has 1 heteroatoms. The molecule has 0 heterocycles. The van der Waals surface area contributed by atoms with Crippen molar-refractivity contribution >= 4 is 11.8 Å². The number of thioether (sulfide) groups is 1. The molecule has 2 fully saturated rings. The molecule has 2 rings (SSSR count). The van der Waals surface area contributed by atoms with Crippen LogP contribution in [0.15, 0.2) is 0 Å². The average Bonchev–Trinajstić information content (AvgIpc) is 2.71. The van der Waals surface area contributed by atoms with Crippen LogP contribution in [0.1, 0.15) is 51.4 Å². The molecule has 0 aromatic heterocycles. The van der Waals surface area contributed by atoms with E-state index in [9.17, 15) is 0 Å². The largest absolute Gasteiger partial charge is 0.162 e. The molecule has 0 N–H and O–H groups in total. The second-order valence-corrected chi connectivity index (χ2v) is 5.96. The smallest absolute Gasteiger partial charge is 0.00444 e. The van der Waals surface area contributed by atoms with Crippen molar-refractivity contribution in [1.82, 2.24) is 0 Å². The number of hydrogen-bond donors (Lipinski definition) is 0. The quantitative estimate of drug-likeness (QED) is 0.644. The molecule has 0 aromatic carbocycles. The van der Waals surface area contributed by atoms with E-state index in [1.54, 1.807) is 12.8 Å². The van der Waals surface area contributed by atoms with Gasteiger partial charge in [0, 0.05) is 5.25 Å². The fraction of sp³-hybridized carbons (Fsp3) is 1.00. The topological polar surface area (TPSA) is 0 Å². The van der Waals surface area contributed by atoms with Crippen molar-refractivity contribution in [3.63, 3.8) is 0 Å². The van der Waals surface area contributed by atoms with Crippen LogP contribution in [0.5, 0.6) is 0 Å². The minimum atomic E-state index is 0.998. The van der Waals surface area contributed by atoms with E-state index < -0.39 is 0 Å². The van der Waals surface area contributed by atoms with E-state index >= 15 is 0 Å². The number of hydrogen-bond acceptors (Lipinski definition) is 1. The Labute approximate surface area is 86.9 Å². The zero-order chi connectivity index (χ0) is 9.10. The monoisotopic (exact) mass is 198 g/mol. The van der Waals surface area contributed by atoms with Gasteiger partial charge in [0.05, 0.1) is 0 Å². The summed E-state index contributed by atoms with van der Waals surface area (Å²) in [4.78, 5) is 0. The maximum Gasteiger partial charge on any atom is 0.00444 e. The zero-order valence-corrected chi connectivity index (χ0v) is 9.61. The normalized spacial score (nSPS) is 36.7. The molecule has 0 aromatic rings. The van der Waals surface area contributed by atoms with Crippen molar-refractivity contribution in [2.45, 2.75) is 56.6 Å². The van der Waals surface area contributed by atoms with Crippen molar-refractivity contribution in [3.8, 4) is 0 Å². The molecular formula is C12H22S. The van der Waals surface area contributed by atoms with Crippen LogP contribution in [0, 0.1) is 11.8 Å². The van der Waals surface area contributed by atoms with E-state index in [1.165, 1.54) is 38.5 Å². The highest BCUT2D eigenvalue weighted by molar-refractivity contribution is 7.99. The molecule has 0 amide bonds. The minimum absolute atomic E-state index is 0.998. The predicted molar refractivity (Wildman–Crippen MR) is 61.2 cm³/mol. The van der Waals surface area contributed by atoms with Crippen LogP contribution in [0.2, 0.25) is 0 Å². The molecule has 0 unspecified atom stereocenters. The first-order valence-electron chi connectivity index (χ1n) is 5.93. The molecule has 2 aliphatic rings. The third-order valence-electron chi connectivity index (χ3n) is 4.12. The maximum atomic E-state index is 2.28. The maximum absolute atomic E-state index is 2.28. The van der Waals surface area contributed by atoms with Crippen LogP contribution >= 0.6 is 11.8 Å². The van der Waals surface area contributed by atoms with E-state index in [4.69, 9.17) is 0 Å². The fourth-order valence-electron chi connectivity index (χ4n) is 3.22. The fourth-order valence-corrected chi connectivity index (χ4v) is 3.97. The molecule has 0 atom stereocenters. The Kier molecular flexibility index (Phi) is 3.59. The lowest BCUT2D eigenvalue weighted by molar-refractivity contribution is 0.256. The Hall–Kier alpha value is 0.350. The van der Waals surface area contributed by atoms with Crippen molar-refractivity contribution < 1.29 is 0 Å². The third kappa shape index (κ3) is 2.43. The van der Waals surface area contributed by atoms with E-state index in [2.05, 4.69) is 18.0 Å². The Balaban J connectivity index is 1.77. The van der Waals surface area contributed by atoms with Crippen LogP contribution in [0.4, 0.5) is 0 Å². The first-order chi connectivity index (χ1) is 6.40. The van der Waals surface area contributed by atoms with Crippen LogP contribution in [-0.4, -0.2) is 11.5 Å². The van der Waals surface area contributed by atoms with E-state index in [1.807, 2.05) is 0 Å². The third-order valence-corrected chi connectivity index (χ3v) is 5.26. The summed E-state index contributed by atoms with van der Waals surface area (Å²) in [5.74, 6) is 2.24. The summed E-state index contributed by atoms with van der Waals surface area (Å²) in [6, 6.07) is 0. The summed E-state index contributed by atoms with van der Waals surface area (Å²) >= 11 is 2.09. The number of rotatable bonds is 2. The summed E-state index contributed by atoms with van der Waals surface area (Å²) in [6.45, 7) is 0. The molecule has 2 saturated carbocycles. The molecule has 76 valence electrons.